The van der Waals surface area contributed by atoms with Crippen molar-refractivity contribution >= 4 is 17.4 Å². The summed E-state index contributed by atoms with van der Waals surface area (Å²) in [6.07, 6.45) is 5.81. The molecule has 1 amide bonds. The van der Waals surface area contributed by atoms with Crippen molar-refractivity contribution in [3.63, 3.8) is 0 Å². The topological polar surface area (TPSA) is 112 Å². The van der Waals surface area contributed by atoms with E-state index in [1.165, 1.54) is 4.90 Å². The third-order valence-corrected chi connectivity index (χ3v) is 7.55. The summed E-state index contributed by atoms with van der Waals surface area (Å²) in [7, 11) is 0. The number of aryl methyl sites for hydroxylation is 1. The van der Waals surface area contributed by atoms with Gasteiger partial charge in [-0.3, -0.25) is 9.59 Å². The molecule has 1 fully saturated rings. The number of hydrogen-bond donors (Lipinski definition) is 1. The second kappa shape index (κ2) is 12.9. The molecule has 1 N–H and O–H groups in total. The molecule has 0 aliphatic carbocycles. The second-order valence-electron chi connectivity index (χ2n) is 10.4. The number of rotatable bonds is 11. The summed E-state index contributed by atoms with van der Waals surface area (Å²) in [5.41, 5.74) is 1.96. The lowest BCUT2D eigenvalue weighted by atomic mass is 9.94. The Labute approximate surface area is 255 Å². The van der Waals surface area contributed by atoms with E-state index in [9.17, 15) is 14.7 Å². The molecule has 1 saturated heterocycles. The van der Waals surface area contributed by atoms with Gasteiger partial charge in [0.2, 0.25) is 0 Å². The lowest BCUT2D eigenvalue weighted by Gasteiger charge is -2.26. The predicted octanol–water partition coefficient (Wildman–Crippen LogP) is 5.14. The first-order chi connectivity index (χ1) is 21.5. The zero-order valence-corrected chi connectivity index (χ0v) is 24.3. The van der Waals surface area contributed by atoms with Crippen LogP contribution in [0.15, 0.2) is 91.0 Å². The summed E-state index contributed by atoms with van der Waals surface area (Å²) in [5.74, 6) is 0.300. The maximum absolute atomic E-state index is 13.6. The number of benzene rings is 3. The van der Waals surface area contributed by atoms with E-state index in [4.69, 9.17) is 18.9 Å². The molecule has 0 bridgehead atoms. The summed E-state index contributed by atoms with van der Waals surface area (Å²) >= 11 is 0. The van der Waals surface area contributed by atoms with Gasteiger partial charge in [0.05, 0.1) is 24.5 Å². The van der Waals surface area contributed by atoms with E-state index in [-0.39, 0.29) is 17.9 Å². The van der Waals surface area contributed by atoms with E-state index in [2.05, 4.69) is 4.98 Å². The largest absolute Gasteiger partial charge is 0.507 e. The maximum Gasteiger partial charge on any atom is 0.295 e. The molecule has 2 aliphatic heterocycles. The molecule has 10 heteroatoms. The lowest BCUT2D eigenvalue weighted by molar-refractivity contribution is -0.139. The fraction of sp³-hybridized carbons (Fsp3) is 0.265. The van der Waals surface area contributed by atoms with Crippen molar-refractivity contribution in [2.24, 2.45) is 0 Å². The van der Waals surface area contributed by atoms with Gasteiger partial charge in [0, 0.05) is 31.0 Å². The van der Waals surface area contributed by atoms with Crippen molar-refractivity contribution < 1.29 is 33.6 Å². The van der Waals surface area contributed by atoms with Crippen LogP contribution in [0.2, 0.25) is 0 Å². The highest BCUT2D eigenvalue weighted by atomic mass is 16.6. The zero-order valence-electron chi connectivity index (χ0n) is 24.3. The van der Waals surface area contributed by atoms with E-state index in [0.29, 0.717) is 73.5 Å². The fourth-order valence-corrected chi connectivity index (χ4v) is 5.46. The molecule has 10 nitrogen and oxygen atoms in total. The maximum atomic E-state index is 13.6. The van der Waals surface area contributed by atoms with Crippen molar-refractivity contribution in [2.75, 3.05) is 26.4 Å². The first-order valence-electron chi connectivity index (χ1n) is 14.6. The minimum Gasteiger partial charge on any atom is -0.507 e. The minimum absolute atomic E-state index is 0.00490. The number of ketones is 1. The molecular weight excluding hydrogens is 562 g/mol. The Bertz CT molecular complexity index is 1670. The Morgan fingerprint density at radius 2 is 1.77 bits per heavy atom. The molecule has 3 aromatic carbocycles. The molecule has 1 unspecified atom stereocenters. The predicted molar refractivity (Wildman–Crippen MR) is 162 cm³/mol. The highest BCUT2D eigenvalue weighted by molar-refractivity contribution is 6.46. The Morgan fingerprint density at radius 1 is 0.955 bits per heavy atom. The molecule has 226 valence electrons. The molecule has 44 heavy (non-hydrogen) atoms. The Morgan fingerprint density at radius 3 is 2.55 bits per heavy atom. The number of aliphatic hydroxyl groups excluding tert-OH is 1. The van der Waals surface area contributed by atoms with Gasteiger partial charge in [0.25, 0.3) is 11.7 Å². The summed E-state index contributed by atoms with van der Waals surface area (Å²) in [4.78, 5) is 32.7. The third-order valence-electron chi connectivity index (χ3n) is 7.55. The first-order valence-corrected chi connectivity index (χ1v) is 14.6. The number of carbonyl (C=O) groups excluding carboxylic acids is 2. The number of amides is 1. The van der Waals surface area contributed by atoms with Gasteiger partial charge in [0.1, 0.15) is 25.6 Å². The van der Waals surface area contributed by atoms with Gasteiger partial charge in [-0.15, -0.1) is 0 Å². The molecule has 1 atom stereocenters. The first kappa shape index (κ1) is 28.9. The normalized spacial score (nSPS) is 17.1. The van der Waals surface area contributed by atoms with Crippen molar-refractivity contribution in [1.82, 2.24) is 14.5 Å². The van der Waals surface area contributed by atoms with Crippen molar-refractivity contribution in [1.29, 1.82) is 0 Å². The number of Topliss-reactive ketones (excluding diaryl/α,β-unsaturated/α-hetero) is 1. The van der Waals surface area contributed by atoms with Gasteiger partial charge in [-0.25, -0.2) is 4.98 Å². The second-order valence-corrected chi connectivity index (χ2v) is 10.4. The van der Waals surface area contributed by atoms with Crippen LogP contribution in [0.3, 0.4) is 0 Å². The Hall–Kier alpha value is -5.25. The molecule has 0 radical (unpaired) electrons. The van der Waals surface area contributed by atoms with Crippen molar-refractivity contribution in [3.05, 3.63) is 108 Å². The smallest absolute Gasteiger partial charge is 0.295 e. The van der Waals surface area contributed by atoms with Crippen molar-refractivity contribution in [2.45, 2.75) is 32.5 Å². The highest BCUT2D eigenvalue weighted by Gasteiger charge is 2.46. The fourth-order valence-electron chi connectivity index (χ4n) is 5.46. The van der Waals surface area contributed by atoms with Gasteiger partial charge < -0.3 is 33.5 Å². The van der Waals surface area contributed by atoms with Gasteiger partial charge in [-0.1, -0.05) is 36.4 Å². The SMILES string of the molecule is CCOc1cc(C2/C(=C(/O)c3ccc4c(c3)OCCO4)C(=O)C(=O)N2CCCn2ccnc2)ccc1OCc1ccccc1. The molecular formula is C34H33N3O7. The number of hydrogen-bond acceptors (Lipinski definition) is 8. The summed E-state index contributed by atoms with van der Waals surface area (Å²) in [6.45, 7) is 4.28. The van der Waals surface area contributed by atoms with E-state index >= 15 is 0 Å². The van der Waals surface area contributed by atoms with Gasteiger partial charge in [-0.05, 0) is 54.8 Å². The number of nitrogens with zero attached hydrogens (tertiary/aromatic N) is 3. The van der Waals surface area contributed by atoms with Crippen LogP contribution in [-0.4, -0.2) is 57.6 Å². The summed E-state index contributed by atoms with van der Waals surface area (Å²) < 4.78 is 25.3. The van der Waals surface area contributed by atoms with Crippen molar-refractivity contribution in [3.8, 4) is 23.0 Å². The summed E-state index contributed by atoms with van der Waals surface area (Å²) in [6, 6.07) is 19.3. The number of likely N-dealkylation sites (tertiary alicyclic amines) is 1. The number of aromatic nitrogens is 2. The van der Waals surface area contributed by atoms with E-state index < -0.39 is 17.7 Å². The van der Waals surface area contributed by atoms with Gasteiger partial charge >= 0.3 is 0 Å². The van der Waals surface area contributed by atoms with Crippen LogP contribution in [-0.2, 0) is 22.7 Å². The summed E-state index contributed by atoms with van der Waals surface area (Å²) in [5, 5.41) is 11.6. The number of imidazole rings is 1. The number of carbonyl (C=O) groups is 2. The average Bonchev–Trinajstić information content (AvgIpc) is 3.66. The Balaban J connectivity index is 1.37. The van der Waals surface area contributed by atoms with Crippen LogP contribution < -0.4 is 18.9 Å². The van der Waals surface area contributed by atoms with E-state index in [1.807, 2.05) is 48.0 Å². The minimum atomic E-state index is -0.853. The molecule has 2 aliphatic rings. The quantitative estimate of drug-likeness (QED) is 0.144. The van der Waals surface area contributed by atoms with Gasteiger partial charge in [0.15, 0.2) is 23.0 Å². The van der Waals surface area contributed by atoms with Crippen LogP contribution in [0.4, 0.5) is 0 Å². The number of aliphatic hydroxyl groups is 1. The Kier molecular flexibility index (Phi) is 8.49. The average molecular weight is 596 g/mol. The highest BCUT2D eigenvalue weighted by Crippen LogP contribution is 2.43. The van der Waals surface area contributed by atoms with E-state index in [0.717, 1.165) is 5.56 Å². The molecule has 4 aromatic rings. The van der Waals surface area contributed by atoms with Crippen LogP contribution in [0, 0.1) is 0 Å². The van der Waals surface area contributed by atoms with Crippen LogP contribution in [0.25, 0.3) is 5.76 Å². The molecule has 6 rings (SSSR count). The zero-order chi connectivity index (χ0) is 30.5. The molecule has 0 saturated carbocycles. The monoisotopic (exact) mass is 595 g/mol. The van der Waals surface area contributed by atoms with Crippen LogP contribution in [0.5, 0.6) is 23.0 Å². The lowest BCUT2D eigenvalue weighted by Crippen LogP contribution is -2.31. The number of fused-ring (bicyclic) bond motifs is 1. The van der Waals surface area contributed by atoms with Crippen LogP contribution >= 0.6 is 0 Å². The molecule has 0 spiro atoms. The van der Waals surface area contributed by atoms with E-state index in [1.54, 1.807) is 48.9 Å². The standard InChI is InChI=1S/C34H33N3O7/c1-2-41-28-19-24(9-11-27(28)44-21-23-7-4-3-5-8-23)31-30(32(38)25-10-12-26-29(20-25)43-18-17-42-26)33(39)34(40)37(31)15-6-14-36-16-13-35-22-36/h3-5,7-13,16,19-20,22,31,38H,2,6,14-15,17-18,21H2,1H3/b32-30-. The van der Waals surface area contributed by atoms with Gasteiger partial charge in [-0.2, -0.15) is 0 Å². The molecule has 3 heterocycles. The molecule has 1 aromatic heterocycles. The van der Waals surface area contributed by atoms with Crippen LogP contribution in [0.1, 0.15) is 36.1 Å². The third kappa shape index (κ3) is 5.96. The number of ether oxygens (including phenoxy) is 4.